The van der Waals surface area contributed by atoms with E-state index in [1.165, 1.54) is 44.5 Å². The number of benzene rings is 1. The first kappa shape index (κ1) is 22.0. The Labute approximate surface area is 183 Å². The topological polar surface area (TPSA) is 39.7 Å². The Kier molecular flexibility index (Phi) is 8.67. The molecule has 3 rings (SSSR count). The lowest BCUT2D eigenvalue weighted by molar-refractivity contribution is 0.187. The third-order valence-electron chi connectivity index (χ3n) is 5.19. The van der Waals surface area contributed by atoms with Gasteiger partial charge in [-0.25, -0.2) is 0 Å². The van der Waals surface area contributed by atoms with E-state index in [0.717, 1.165) is 16.4 Å². The quantitative estimate of drug-likeness (QED) is 0.338. The molecule has 1 saturated carbocycles. The Hall–Kier alpha value is -0.340. The fourth-order valence-electron chi connectivity index (χ4n) is 3.75. The maximum atomic E-state index is 4.45. The molecule has 0 spiro atoms. The summed E-state index contributed by atoms with van der Waals surface area (Å²) in [5.41, 5.74) is 1.41. The van der Waals surface area contributed by atoms with Crippen molar-refractivity contribution >= 4 is 45.9 Å². The van der Waals surface area contributed by atoms with Crippen LogP contribution in [-0.4, -0.2) is 49.6 Å². The zero-order chi connectivity index (χ0) is 17.8. The minimum atomic E-state index is 0. The largest absolute Gasteiger partial charge is 0.354 e. The predicted molar refractivity (Wildman–Crippen MR) is 125 cm³/mol. The summed E-state index contributed by atoms with van der Waals surface area (Å²) in [4.78, 5) is 7.03. The first-order valence-corrected chi connectivity index (χ1v) is 10.3. The zero-order valence-electron chi connectivity index (χ0n) is 16.0. The molecular weight excluding hydrogens is 503 g/mol. The molecule has 1 heterocycles. The molecule has 0 aromatic heterocycles. The molecule has 0 radical (unpaired) electrons. The van der Waals surface area contributed by atoms with Gasteiger partial charge in [0.25, 0.3) is 0 Å². The number of hydrogen-bond donors (Lipinski definition) is 2. The molecule has 2 N–H and O–H groups in total. The lowest BCUT2D eigenvalue weighted by Crippen LogP contribution is -2.49. The lowest BCUT2D eigenvalue weighted by Gasteiger charge is -2.34. The lowest BCUT2D eigenvalue weighted by atomic mass is 10.0. The molecule has 2 unspecified atom stereocenters. The van der Waals surface area contributed by atoms with Crippen molar-refractivity contribution in [3.05, 3.63) is 34.3 Å². The van der Waals surface area contributed by atoms with Gasteiger partial charge in [-0.1, -0.05) is 41.9 Å². The first-order chi connectivity index (χ1) is 12.0. The van der Waals surface area contributed by atoms with Crippen LogP contribution in [0.3, 0.4) is 0 Å². The maximum absolute atomic E-state index is 4.45. The summed E-state index contributed by atoms with van der Waals surface area (Å²) < 4.78 is 1.14. The van der Waals surface area contributed by atoms with Gasteiger partial charge >= 0.3 is 0 Å². The van der Waals surface area contributed by atoms with Crippen LogP contribution in [0.5, 0.6) is 0 Å². The van der Waals surface area contributed by atoms with Crippen molar-refractivity contribution in [1.82, 2.24) is 15.5 Å². The van der Waals surface area contributed by atoms with E-state index in [0.29, 0.717) is 18.0 Å². The fourth-order valence-corrected chi connectivity index (χ4v) is 4.01. The highest BCUT2D eigenvalue weighted by atomic mass is 127. The van der Waals surface area contributed by atoms with Crippen LogP contribution in [0, 0.1) is 5.92 Å². The first-order valence-electron chi connectivity index (χ1n) is 9.53. The third-order valence-corrected chi connectivity index (χ3v) is 5.71. The van der Waals surface area contributed by atoms with Gasteiger partial charge in [-0.15, -0.1) is 24.0 Å². The number of nitrogens with zero attached hydrogens (tertiary/aromatic N) is 2. The summed E-state index contributed by atoms with van der Waals surface area (Å²) in [5.74, 6) is 2.33. The Balaban J connectivity index is 0.00000243. The summed E-state index contributed by atoms with van der Waals surface area (Å²) in [6, 6.07) is 9.74. The summed E-state index contributed by atoms with van der Waals surface area (Å²) in [7, 11) is 1.88. The second kappa shape index (κ2) is 10.3. The van der Waals surface area contributed by atoms with Crippen LogP contribution in [0.15, 0.2) is 33.7 Å². The number of nitrogens with one attached hydrogen (secondary N) is 2. The standard InChI is InChI=1S/C20H31BrN4.HI/c1-14(2)13-25-10-8-17(9-11-25)23-20(22-3)24-19-12-18(19)15-4-6-16(21)7-5-15;/h4-7,14,17-19H,8-13H2,1-3H3,(H2,22,23,24);1H. The van der Waals surface area contributed by atoms with Gasteiger partial charge in [0.15, 0.2) is 5.96 Å². The molecule has 2 atom stereocenters. The summed E-state index contributed by atoms with van der Waals surface area (Å²) in [5, 5.41) is 7.24. The number of aliphatic imine (C=N–C) groups is 1. The molecule has 6 heteroatoms. The van der Waals surface area contributed by atoms with Crippen molar-refractivity contribution in [3.8, 4) is 0 Å². The van der Waals surface area contributed by atoms with E-state index in [1.54, 1.807) is 0 Å². The van der Waals surface area contributed by atoms with Gasteiger partial charge in [0.2, 0.25) is 0 Å². The Morgan fingerprint density at radius 1 is 1.19 bits per heavy atom. The van der Waals surface area contributed by atoms with E-state index in [2.05, 4.69) is 74.6 Å². The van der Waals surface area contributed by atoms with Crippen molar-refractivity contribution < 1.29 is 0 Å². The fraction of sp³-hybridized carbons (Fsp3) is 0.650. The summed E-state index contributed by atoms with van der Waals surface area (Å²) >= 11 is 3.51. The molecule has 146 valence electrons. The van der Waals surface area contributed by atoms with Crippen LogP contribution in [0.1, 0.15) is 44.6 Å². The predicted octanol–water partition coefficient (Wildman–Crippen LogP) is 4.21. The molecule has 1 saturated heterocycles. The van der Waals surface area contributed by atoms with Crippen molar-refractivity contribution in [2.24, 2.45) is 10.9 Å². The second-order valence-corrected chi connectivity index (χ2v) is 8.75. The van der Waals surface area contributed by atoms with E-state index in [4.69, 9.17) is 0 Å². The van der Waals surface area contributed by atoms with Gasteiger partial charge in [-0.3, -0.25) is 4.99 Å². The summed E-state index contributed by atoms with van der Waals surface area (Å²) in [6.07, 6.45) is 3.59. The average Bonchev–Trinajstić information content (AvgIpc) is 3.35. The molecule has 2 fully saturated rings. The van der Waals surface area contributed by atoms with Crippen LogP contribution >= 0.6 is 39.9 Å². The Morgan fingerprint density at radius 3 is 2.42 bits per heavy atom. The highest BCUT2D eigenvalue weighted by Crippen LogP contribution is 2.41. The van der Waals surface area contributed by atoms with Gasteiger partial charge in [0.1, 0.15) is 0 Å². The smallest absolute Gasteiger partial charge is 0.191 e. The van der Waals surface area contributed by atoms with E-state index < -0.39 is 0 Å². The Bertz CT molecular complexity index is 582. The van der Waals surface area contributed by atoms with Gasteiger partial charge in [0, 0.05) is 49.2 Å². The Morgan fingerprint density at radius 2 is 1.85 bits per heavy atom. The molecule has 4 nitrogen and oxygen atoms in total. The minimum absolute atomic E-state index is 0. The number of likely N-dealkylation sites (tertiary alicyclic amines) is 1. The van der Waals surface area contributed by atoms with Crippen molar-refractivity contribution in [3.63, 3.8) is 0 Å². The maximum Gasteiger partial charge on any atom is 0.191 e. The van der Waals surface area contributed by atoms with Gasteiger partial charge in [0.05, 0.1) is 0 Å². The molecule has 1 aromatic carbocycles. The van der Waals surface area contributed by atoms with Crippen LogP contribution in [0.2, 0.25) is 0 Å². The average molecular weight is 535 g/mol. The van der Waals surface area contributed by atoms with E-state index in [-0.39, 0.29) is 24.0 Å². The third kappa shape index (κ3) is 6.37. The molecule has 26 heavy (non-hydrogen) atoms. The van der Waals surface area contributed by atoms with Gasteiger partial charge in [-0.2, -0.15) is 0 Å². The molecule has 0 bridgehead atoms. The van der Waals surface area contributed by atoms with Crippen LogP contribution in [0.25, 0.3) is 0 Å². The number of hydrogen-bond acceptors (Lipinski definition) is 2. The number of guanidine groups is 1. The SMILES string of the molecule is CN=C(NC1CCN(CC(C)C)CC1)NC1CC1c1ccc(Br)cc1.I. The number of piperidine rings is 1. The molecule has 1 aliphatic carbocycles. The molecule has 1 aliphatic heterocycles. The number of rotatable bonds is 5. The minimum Gasteiger partial charge on any atom is -0.354 e. The van der Waals surface area contributed by atoms with Crippen LogP contribution < -0.4 is 10.6 Å². The van der Waals surface area contributed by atoms with Crippen molar-refractivity contribution in [1.29, 1.82) is 0 Å². The molecule has 1 aromatic rings. The molecular formula is C20H32BrIN4. The summed E-state index contributed by atoms with van der Waals surface area (Å²) in [6.45, 7) is 8.20. The van der Waals surface area contributed by atoms with Crippen molar-refractivity contribution in [2.75, 3.05) is 26.7 Å². The highest BCUT2D eigenvalue weighted by molar-refractivity contribution is 14.0. The van der Waals surface area contributed by atoms with Crippen LogP contribution in [0.4, 0.5) is 0 Å². The number of halogens is 2. The van der Waals surface area contributed by atoms with Gasteiger partial charge in [-0.05, 0) is 42.9 Å². The molecule has 0 amide bonds. The monoisotopic (exact) mass is 534 g/mol. The van der Waals surface area contributed by atoms with Gasteiger partial charge < -0.3 is 15.5 Å². The van der Waals surface area contributed by atoms with E-state index in [9.17, 15) is 0 Å². The van der Waals surface area contributed by atoms with Crippen LogP contribution in [-0.2, 0) is 0 Å². The second-order valence-electron chi connectivity index (χ2n) is 7.83. The zero-order valence-corrected chi connectivity index (χ0v) is 20.0. The molecule has 2 aliphatic rings. The van der Waals surface area contributed by atoms with Crippen molar-refractivity contribution in [2.45, 2.75) is 51.1 Å². The van der Waals surface area contributed by atoms with E-state index in [1.807, 2.05) is 7.05 Å². The highest BCUT2D eigenvalue weighted by Gasteiger charge is 2.39. The normalized spacial score (nSPS) is 24.3. The van der Waals surface area contributed by atoms with E-state index >= 15 is 0 Å².